The molecule has 1 aliphatic rings. The van der Waals surface area contributed by atoms with Gasteiger partial charge in [-0.15, -0.1) is 0 Å². The lowest BCUT2D eigenvalue weighted by atomic mass is 10.2. The number of hydrogen-bond acceptors (Lipinski definition) is 3. The molecule has 0 spiro atoms. The first-order valence-electron chi connectivity index (χ1n) is 4.70. The molecule has 1 heterocycles. The molecule has 16 heavy (non-hydrogen) atoms. The average Bonchev–Trinajstić information content (AvgIpc) is 2.71. The summed E-state index contributed by atoms with van der Waals surface area (Å²) in [5, 5.41) is 12.4. The van der Waals surface area contributed by atoms with Crippen LogP contribution < -0.4 is 10.4 Å². The zero-order chi connectivity index (χ0) is 11.7. The monoisotopic (exact) mass is 305 g/mol. The van der Waals surface area contributed by atoms with Crippen LogP contribution in [0.4, 0.5) is 4.39 Å². The molecule has 1 fully saturated rings. The third-order valence-electron chi connectivity index (χ3n) is 2.44. The van der Waals surface area contributed by atoms with Crippen molar-refractivity contribution in [1.82, 2.24) is 0 Å². The predicted molar refractivity (Wildman–Crippen MR) is 60.0 cm³/mol. The van der Waals surface area contributed by atoms with Crippen LogP contribution in [0.1, 0.15) is 10.9 Å². The molecule has 0 bridgehead atoms. The number of hydrogen-bond donors (Lipinski definition) is 1. The van der Waals surface area contributed by atoms with E-state index in [-0.39, 0.29) is 11.2 Å². The SMILES string of the molecule is O=C([O-])[C@@H]1CS[C@@H](c2ccc(F)c(Br)c2)[NH2+]1. The summed E-state index contributed by atoms with van der Waals surface area (Å²) in [6.45, 7) is 0. The molecular weight excluding hydrogens is 297 g/mol. The van der Waals surface area contributed by atoms with E-state index in [4.69, 9.17) is 0 Å². The van der Waals surface area contributed by atoms with E-state index < -0.39 is 12.0 Å². The largest absolute Gasteiger partial charge is 0.544 e. The van der Waals surface area contributed by atoms with Gasteiger partial charge in [0, 0.05) is 5.56 Å². The Kier molecular flexibility index (Phi) is 3.51. The summed E-state index contributed by atoms with van der Waals surface area (Å²) < 4.78 is 13.4. The fraction of sp³-hybridized carbons (Fsp3) is 0.300. The molecule has 0 unspecified atom stereocenters. The minimum atomic E-state index is -1.05. The minimum absolute atomic E-state index is 0.000185. The Morgan fingerprint density at radius 1 is 1.62 bits per heavy atom. The standard InChI is InChI=1S/C10H9BrFNO2S/c11-6-3-5(1-2-7(6)12)9-13-8(4-16-9)10(14)15/h1-3,8-9,13H,4H2,(H,14,15)/t8-,9-/m0/s1. The van der Waals surface area contributed by atoms with Gasteiger partial charge in [-0.3, -0.25) is 0 Å². The van der Waals surface area contributed by atoms with Crippen LogP contribution in [0.2, 0.25) is 0 Å². The number of benzene rings is 1. The Morgan fingerprint density at radius 3 is 2.94 bits per heavy atom. The van der Waals surface area contributed by atoms with Crippen molar-refractivity contribution in [1.29, 1.82) is 0 Å². The summed E-state index contributed by atoms with van der Waals surface area (Å²) in [5.41, 5.74) is 0.905. The highest BCUT2D eigenvalue weighted by Gasteiger charge is 2.30. The maximum absolute atomic E-state index is 13.0. The zero-order valence-corrected chi connectivity index (χ0v) is 10.6. The second kappa shape index (κ2) is 4.73. The molecule has 2 rings (SSSR count). The van der Waals surface area contributed by atoms with E-state index in [1.165, 1.54) is 17.8 Å². The summed E-state index contributed by atoms with van der Waals surface area (Å²) in [5.74, 6) is -0.846. The van der Waals surface area contributed by atoms with Gasteiger partial charge in [0.05, 0.1) is 10.2 Å². The number of nitrogens with two attached hydrogens (primary N) is 1. The Hall–Kier alpha value is -0.590. The van der Waals surface area contributed by atoms with Crippen molar-refractivity contribution in [3.63, 3.8) is 0 Å². The van der Waals surface area contributed by atoms with Crippen molar-refractivity contribution >= 4 is 33.7 Å². The fourth-order valence-corrected chi connectivity index (χ4v) is 3.27. The maximum atomic E-state index is 13.0. The van der Waals surface area contributed by atoms with E-state index in [9.17, 15) is 14.3 Å². The molecule has 6 heteroatoms. The molecule has 1 aromatic rings. The third-order valence-corrected chi connectivity index (χ3v) is 4.39. The number of carboxylic acids is 1. The molecule has 3 nitrogen and oxygen atoms in total. The average molecular weight is 306 g/mol. The lowest BCUT2D eigenvalue weighted by Crippen LogP contribution is -2.90. The molecule has 0 radical (unpaired) electrons. The second-order valence-corrected chi connectivity index (χ2v) is 5.57. The molecule has 2 N–H and O–H groups in total. The number of carboxylic acid groups (broad SMARTS) is 1. The molecule has 0 aliphatic carbocycles. The van der Waals surface area contributed by atoms with Gasteiger partial charge in [-0.2, -0.15) is 0 Å². The normalized spacial score (nSPS) is 24.6. The second-order valence-electron chi connectivity index (χ2n) is 3.55. The van der Waals surface area contributed by atoms with Crippen LogP contribution in [0.15, 0.2) is 22.7 Å². The van der Waals surface area contributed by atoms with Crippen molar-refractivity contribution in [2.24, 2.45) is 0 Å². The molecule has 86 valence electrons. The van der Waals surface area contributed by atoms with Crippen LogP contribution in [-0.4, -0.2) is 17.8 Å². The van der Waals surface area contributed by atoms with E-state index in [0.717, 1.165) is 5.56 Å². The number of carbonyl (C=O) groups is 1. The highest BCUT2D eigenvalue weighted by molar-refractivity contribution is 9.10. The summed E-state index contributed by atoms with van der Waals surface area (Å²) >= 11 is 4.64. The number of aliphatic carboxylic acids is 1. The topological polar surface area (TPSA) is 56.7 Å². The molecule has 0 amide bonds. The van der Waals surface area contributed by atoms with Crippen LogP contribution in [0, 0.1) is 5.82 Å². The Bertz CT molecular complexity index is 429. The molecule has 1 aliphatic heterocycles. The molecular formula is C10H9BrFNO2S. The van der Waals surface area contributed by atoms with E-state index in [2.05, 4.69) is 15.9 Å². The molecule has 1 aromatic carbocycles. The van der Waals surface area contributed by atoms with Crippen LogP contribution in [0.3, 0.4) is 0 Å². The minimum Gasteiger partial charge on any atom is -0.544 e. The van der Waals surface area contributed by atoms with Gasteiger partial charge in [-0.25, -0.2) is 4.39 Å². The zero-order valence-electron chi connectivity index (χ0n) is 8.15. The number of halogens is 2. The van der Waals surface area contributed by atoms with E-state index in [0.29, 0.717) is 10.2 Å². The van der Waals surface area contributed by atoms with Crippen LogP contribution in [0.5, 0.6) is 0 Å². The van der Waals surface area contributed by atoms with Crippen LogP contribution >= 0.6 is 27.7 Å². The molecule has 1 saturated heterocycles. The lowest BCUT2D eigenvalue weighted by molar-refractivity contribution is -0.690. The van der Waals surface area contributed by atoms with Crippen molar-refractivity contribution in [3.05, 3.63) is 34.1 Å². The van der Waals surface area contributed by atoms with Gasteiger partial charge in [-0.05, 0) is 34.1 Å². The first-order valence-corrected chi connectivity index (χ1v) is 6.54. The highest BCUT2D eigenvalue weighted by atomic mass is 79.9. The summed E-state index contributed by atoms with van der Waals surface area (Å²) in [7, 11) is 0. The predicted octanol–water partition coefficient (Wildman–Crippen LogP) is 0.0155. The number of rotatable bonds is 2. The third kappa shape index (κ3) is 2.39. The number of quaternary nitrogens is 1. The molecule has 0 saturated carbocycles. The summed E-state index contributed by atoms with van der Waals surface area (Å²) in [4.78, 5) is 10.7. The Morgan fingerprint density at radius 2 is 2.38 bits per heavy atom. The van der Waals surface area contributed by atoms with Crippen molar-refractivity contribution in [3.8, 4) is 0 Å². The lowest BCUT2D eigenvalue weighted by Gasteiger charge is -2.11. The van der Waals surface area contributed by atoms with Gasteiger partial charge in [0.25, 0.3) is 0 Å². The van der Waals surface area contributed by atoms with Gasteiger partial charge >= 0.3 is 0 Å². The molecule has 2 atom stereocenters. The van der Waals surface area contributed by atoms with Crippen molar-refractivity contribution < 1.29 is 19.6 Å². The molecule has 0 aromatic heterocycles. The van der Waals surface area contributed by atoms with E-state index >= 15 is 0 Å². The quantitative estimate of drug-likeness (QED) is 0.838. The number of thioether (sulfide) groups is 1. The van der Waals surface area contributed by atoms with Gasteiger partial charge < -0.3 is 15.2 Å². The van der Waals surface area contributed by atoms with Gasteiger partial charge in [0.15, 0.2) is 5.37 Å². The van der Waals surface area contributed by atoms with Crippen molar-refractivity contribution in [2.75, 3.05) is 5.75 Å². The Labute approximate surface area is 105 Å². The van der Waals surface area contributed by atoms with Crippen LogP contribution in [-0.2, 0) is 4.79 Å². The van der Waals surface area contributed by atoms with Gasteiger partial charge in [-0.1, -0.05) is 11.8 Å². The fourth-order valence-electron chi connectivity index (χ4n) is 1.57. The van der Waals surface area contributed by atoms with Crippen molar-refractivity contribution in [2.45, 2.75) is 11.4 Å². The number of carbonyl (C=O) groups excluding carboxylic acids is 1. The van der Waals surface area contributed by atoms with Gasteiger partial charge in [0.1, 0.15) is 17.8 Å². The maximum Gasteiger partial charge on any atom is 0.159 e. The van der Waals surface area contributed by atoms with Crippen LogP contribution in [0.25, 0.3) is 0 Å². The first kappa shape index (κ1) is 11.9. The first-order chi connectivity index (χ1) is 7.58. The van der Waals surface area contributed by atoms with Gasteiger partial charge in [0.2, 0.25) is 0 Å². The van der Waals surface area contributed by atoms with E-state index in [1.807, 2.05) is 0 Å². The summed E-state index contributed by atoms with van der Waals surface area (Å²) in [6.07, 6.45) is 0. The Balaban J connectivity index is 2.14. The smallest absolute Gasteiger partial charge is 0.159 e. The highest BCUT2D eigenvalue weighted by Crippen LogP contribution is 2.29. The van der Waals surface area contributed by atoms with E-state index in [1.54, 1.807) is 17.4 Å². The summed E-state index contributed by atoms with van der Waals surface area (Å²) in [6, 6.07) is 4.21.